The largest absolute Gasteiger partial charge is 0.265 e. The van der Waals surface area contributed by atoms with Crippen molar-refractivity contribution in [3.05, 3.63) is 203 Å². The molecule has 3 atom stereocenters. The minimum absolute atomic E-state index is 0.483. The topological polar surface area (TPSA) is 51.6 Å². The van der Waals surface area contributed by atoms with E-state index in [1.165, 1.54) is 39.8 Å². The Morgan fingerprint density at radius 2 is 1.04 bits per heavy atom. The molecule has 1 fully saturated rings. The number of pyridine rings is 1. The first kappa shape index (κ1) is 33.0. The molecule has 0 spiro atoms. The second-order valence-corrected chi connectivity index (χ2v) is 16.0. The van der Waals surface area contributed by atoms with Gasteiger partial charge in [-0.25, -0.2) is 15.0 Å². The highest BCUT2D eigenvalue weighted by Gasteiger charge is 2.43. The predicted octanol–water partition coefficient (Wildman–Crippen LogP) is 13.0. The zero-order valence-corrected chi connectivity index (χ0v) is 31.4. The molecule has 0 bridgehead atoms. The van der Waals surface area contributed by atoms with Crippen LogP contribution in [0.2, 0.25) is 0 Å². The Hall–Kier alpha value is -6.43. The predicted molar refractivity (Wildman–Crippen MR) is 229 cm³/mol. The highest BCUT2D eigenvalue weighted by molar-refractivity contribution is 8.11. The average molecular weight is 737 g/mol. The van der Waals surface area contributed by atoms with Crippen molar-refractivity contribution >= 4 is 11.8 Å². The molecule has 3 aliphatic rings. The first-order chi connectivity index (χ1) is 27.7. The molecule has 6 aromatic carbocycles. The van der Waals surface area contributed by atoms with Crippen molar-refractivity contribution in [2.75, 3.05) is 0 Å². The molecule has 3 unspecified atom stereocenters. The zero-order chi connectivity index (χ0) is 37.0. The Bertz CT molecular complexity index is 2800. The van der Waals surface area contributed by atoms with Crippen LogP contribution >= 0.6 is 11.8 Å². The summed E-state index contributed by atoms with van der Waals surface area (Å²) in [4.78, 5) is 21.2. The Morgan fingerprint density at radius 1 is 0.429 bits per heavy atom. The van der Waals surface area contributed by atoms with Crippen LogP contribution in [0, 0.1) is 0 Å². The van der Waals surface area contributed by atoms with Gasteiger partial charge in [0.1, 0.15) is 0 Å². The van der Waals surface area contributed by atoms with E-state index in [2.05, 4.69) is 151 Å². The number of benzene rings is 6. The van der Waals surface area contributed by atoms with E-state index in [1.54, 1.807) is 4.91 Å². The van der Waals surface area contributed by atoms with Crippen LogP contribution in [-0.2, 0) is 0 Å². The average Bonchev–Trinajstić information content (AvgIpc) is 4.04. The van der Waals surface area contributed by atoms with Gasteiger partial charge in [-0.05, 0) is 97.5 Å². The van der Waals surface area contributed by atoms with Gasteiger partial charge in [0, 0.05) is 35.0 Å². The van der Waals surface area contributed by atoms with Crippen molar-refractivity contribution in [2.45, 2.75) is 29.9 Å². The number of aromatic nitrogens is 4. The lowest BCUT2D eigenvalue weighted by atomic mass is 9.62. The molecular formula is C51H36N4S. The van der Waals surface area contributed by atoms with Crippen LogP contribution in [0.3, 0.4) is 0 Å². The van der Waals surface area contributed by atoms with Gasteiger partial charge in [0.05, 0.1) is 5.25 Å². The quantitative estimate of drug-likeness (QED) is 0.159. The van der Waals surface area contributed by atoms with Crippen LogP contribution in [0.1, 0.15) is 52.2 Å². The van der Waals surface area contributed by atoms with Crippen molar-refractivity contribution < 1.29 is 0 Å². The van der Waals surface area contributed by atoms with Gasteiger partial charge in [-0.15, -0.1) is 11.8 Å². The van der Waals surface area contributed by atoms with E-state index >= 15 is 0 Å². The van der Waals surface area contributed by atoms with Crippen LogP contribution in [-0.4, -0.2) is 19.9 Å². The third kappa shape index (κ3) is 5.87. The monoisotopic (exact) mass is 736 g/mol. The molecule has 5 heteroatoms. The molecule has 56 heavy (non-hydrogen) atoms. The molecule has 1 aliphatic heterocycles. The van der Waals surface area contributed by atoms with Crippen LogP contribution < -0.4 is 0 Å². The van der Waals surface area contributed by atoms with Crippen molar-refractivity contribution in [3.8, 4) is 67.5 Å². The van der Waals surface area contributed by atoms with Gasteiger partial charge in [0.15, 0.2) is 17.5 Å². The summed E-state index contributed by atoms with van der Waals surface area (Å²) in [6.07, 6.45) is 8.47. The number of hydrogen-bond acceptors (Lipinski definition) is 5. The van der Waals surface area contributed by atoms with E-state index in [0.717, 1.165) is 45.4 Å². The summed E-state index contributed by atoms with van der Waals surface area (Å²) in [5.41, 5.74) is 15.7. The highest BCUT2D eigenvalue weighted by atomic mass is 32.2. The fourth-order valence-corrected chi connectivity index (χ4v) is 9.76. The second kappa shape index (κ2) is 13.7. The van der Waals surface area contributed by atoms with E-state index in [4.69, 9.17) is 15.0 Å². The molecule has 4 nitrogen and oxygen atoms in total. The molecule has 2 aromatic heterocycles. The lowest BCUT2D eigenvalue weighted by Crippen LogP contribution is -2.26. The molecular weight excluding hydrogens is 701 g/mol. The molecule has 0 saturated carbocycles. The van der Waals surface area contributed by atoms with E-state index in [1.807, 2.05) is 42.4 Å². The van der Waals surface area contributed by atoms with E-state index in [-0.39, 0.29) is 0 Å². The number of nitrogens with zero attached hydrogens (tertiary/aromatic N) is 4. The fraction of sp³-hybridized carbons (Fsp3) is 0.0980. The van der Waals surface area contributed by atoms with Gasteiger partial charge >= 0.3 is 0 Å². The molecule has 11 rings (SSSR count). The van der Waals surface area contributed by atoms with E-state index in [9.17, 15) is 0 Å². The second-order valence-electron chi connectivity index (χ2n) is 14.9. The minimum atomic E-state index is 0.483. The summed E-state index contributed by atoms with van der Waals surface area (Å²) in [7, 11) is 0. The minimum Gasteiger partial charge on any atom is -0.265 e. The first-order valence-corrected chi connectivity index (χ1v) is 20.2. The SMILES string of the molecule is C1=C2\SC2c2ccccc2C2c3ccc(-c4ccc(-c5nc(-c6cccc(-c7ccncc7)c6)nc(-c6ccccc6-c6ccccc6)n5)cc4)cc3C2CC/1. The van der Waals surface area contributed by atoms with E-state index in [0.29, 0.717) is 34.6 Å². The zero-order valence-electron chi connectivity index (χ0n) is 30.6. The Morgan fingerprint density at radius 3 is 1.88 bits per heavy atom. The van der Waals surface area contributed by atoms with Crippen LogP contribution in [0.4, 0.5) is 0 Å². The van der Waals surface area contributed by atoms with Gasteiger partial charge in [-0.1, -0.05) is 146 Å². The maximum atomic E-state index is 5.16. The molecule has 8 aromatic rings. The van der Waals surface area contributed by atoms with Crippen molar-refractivity contribution in [3.63, 3.8) is 0 Å². The summed E-state index contributed by atoms with van der Waals surface area (Å²) in [5, 5.41) is 0.555. The summed E-state index contributed by atoms with van der Waals surface area (Å²) in [5.74, 6) is 2.94. The highest BCUT2D eigenvalue weighted by Crippen LogP contribution is 2.64. The van der Waals surface area contributed by atoms with Gasteiger partial charge in [0.2, 0.25) is 0 Å². The smallest absolute Gasteiger partial charge is 0.164 e. The summed E-state index contributed by atoms with van der Waals surface area (Å²) in [6.45, 7) is 0. The third-order valence-corrected chi connectivity index (χ3v) is 12.8. The number of allylic oxidation sites excluding steroid dienone is 1. The molecule has 0 amide bonds. The third-order valence-electron chi connectivity index (χ3n) is 11.6. The maximum absolute atomic E-state index is 5.16. The number of hydrogen-bond donors (Lipinski definition) is 0. The van der Waals surface area contributed by atoms with Crippen LogP contribution in [0.25, 0.3) is 67.5 Å². The molecule has 3 heterocycles. The normalized spacial score (nSPS) is 18.6. The van der Waals surface area contributed by atoms with Crippen molar-refractivity contribution in [1.29, 1.82) is 0 Å². The van der Waals surface area contributed by atoms with Crippen LogP contribution in [0.15, 0.2) is 181 Å². The first-order valence-electron chi connectivity index (χ1n) is 19.4. The number of thioether (sulfide) groups is 1. The Labute approximate surface area is 331 Å². The van der Waals surface area contributed by atoms with Crippen molar-refractivity contribution in [1.82, 2.24) is 19.9 Å². The summed E-state index contributed by atoms with van der Waals surface area (Å²) >= 11 is 2.03. The Kier molecular flexibility index (Phi) is 8.06. The molecule has 0 N–H and O–H groups in total. The molecule has 1 saturated heterocycles. The molecule has 266 valence electrons. The maximum Gasteiger partial charge on any atom is 0.164 e. The Balaban J connectivity index is 0.970. The van der Waals surface area contributed by atoms with Gasteiger partial charge in [-0.2, -0.15) is 0 Å². The molecule has 2 aliphatic carbocycles. The van der Waals surface area contributed by atoms with Gasteiger partial charge in [0.25, 0.3) is 0 Å². The fourth-order valence-electron chi connectivity index (χ4n) is 8.77. The molecule has 0 radical (unpaired) electrons. The van der Waals surface area contributed by atoms with E-state index < -0.39 is 0 Å². The van der Waals surface area contributed by atoms with Gasteiger partial charge < -0.3 is 0 Å². The number of fused-ring (bicyclic) bond motifs is 8. The summed E-state index contributed by atoms with van der Waals surface area (Å²) < 4.78 is 0. The lowest BCUT2D eigenvalue weighted by Gasteiger charge is -2.41. The summed E-state index contributed by atoms with van der Waals surface area (Å²) in [6, 6.07) is 56.3. The van der Waals surface area contributed by atoms with Crippen molar-refractivity contribution in [2.24, 2.45) is 0 Å². The standard InChI is InChI=1S/C51H36N4S/c1-2-10-34(11-3-1)39-14-4-7-17-44(39)51-54-49(53-50(55-51)38-13-8-12-36(30-38)33-26-28-52-29-27-33)35-22-20-32(21-23-35)37-24-25-42-45(31-37)41-18-9-19-46-48(56-46)43-16-6-5-15-40(43)47(41)42/h1-8,10-17,19-31,41,47-48H,9,18H2/b46-19-. The lowest BCUT2D eigenvalue weighted by molar-refractivity contribution is 0.497. The van der Waals surface area contributed by atoms with Gasteiger partial charge in [-0.3, -0.25) is 4.98 Å². The number of rotatable bonds is 6. The van der Waals surface area contributed by atoms with Crippen LogP contribution in [0.5, 0.6) is 0 Å².